The summed E-state index contributed by atoms with van der Waals surface area (Å²) in [5, 5.41) is 6.67. The van der Waals surface area contributed by atoms with Crippen molar-refractivity contribution < 1.29 is 0 Å². The average Bonchev–Trinajstić information content (AvgIpc) is 2.47. The highest BCUT2D eigenvalue weighted by atomic mass is 14.9. The van der Waals surface area contributed by atoms with Crippen LogP contribution in [0.15, 0.2) is 61.6 Å². The van der Waals surface area contributed by atoms with E-state index in [0.29, 0.717) is 0 Å². The first-order chi connectivity index (χ1) is 9.72. The molecule has 0 radical (unpaired) electrons. The van der Waals surface area contributed by atoms with Gasteiger partial charge in [-0.1, -0.05) is 19.2 Å². The maximum Gasteiger partial charge on any atom is 0.0435 e. The van der Waals surface area contributed by atoms with E-state index in [9.17, 15) is 0 Å². The standard InChI is InChI=1S/C17H17N3/c1-12-3-4-15-5-6-16(11-17(15)19-12)20-13(2)14-7-9-18-10-8-14/h5-11,19-20H,1-4H2. The van der Waals surface area contributed by atoms with Crippen LogP contribution in [0.1, 0.15) is 17.5 Å². The van der Waals surface area contributed by atoms with Gasteiger partial charge in [-0.2, -0.15) is 0 Å². The minimum Gasteiger partial charge on any atom is -0.359 e. The van der Waals surface area contributed by atoms with Gasteiger partial charge in [0.1, 0.15) is 0 Å². The fourth-order valence-corrected chi connectivity index (χ4v) is 2.33. The number of aromatic nitrogens is 1. The number of anilines is 2. The molecular formula is C17H17N3. The number of hydrogen-bond acceptors (Lipinski definition) is 3. The highest BCUT2D eigenvalue weighted by Crippen LogP contribution is 2.29. The molecule has 0 unspecified atom stereocenters. The van der Waals surface area contributed by atoms with E-state index < -0.39 is 0 Å². The average molecular weight is 263 g/mol. The number of hydrogen-bond donors (Lipinski definition) is 2. The van der Waals surface area contributed by atoms with E-state index in [4.69, 9.17) is 0 Å². The number of pyridine rings is 1. The van der Waals surface area contributed by atoms with E-state index in [1.165, 1.54) is 5.56 Å². The Labute approximate surface area is 119 Å². The van der Waals surface area contributed by atoms with Crippen molar-refractivity contribution in [1.29, 1.82) is 0 Å². The van der Waals surface area contributed by atoms with Gasteiger partial charge in [0.25, 0.3) is 0 Å². The van der Waals surface area contributed by atoms with Gasteiger partial charge in [-0.15, -0.1) is 0 Å². The van der Waals surface area contributed by atoms with Crippen molar-refractivity contribution in [1.82, 2.24) is 4.98 Å². The van der Waals surface area contributed by atoms with Crippen molar-refractivity contribution in [3.8, 4) is 0 Å². The van der Waals surface area contributed by atoms with Crippen molar-refractivity contribution in [3.05, 3.63) is 72.7 Å². The Morgan fingerprint density at radius 3 is 2.75 bits per heavy atom. The first-order valence-electron chi connectivity index (χ1n) is 6.66. The fourth-order valence-electron chi connectivity index (χ4n) is 2.33. The van der Waals surface area contributed by atoms with Gasteiger partial charge in [-0.25, -0.2) is 0 Å². The third-order valence-corrected chi connectivity index (χ3v) is 3.44. The molecule has 0 bridgehead atoms. The molecule has 0 amide bonds. The Hall–Kier alpha value is -2.55. The van der Waals surface area contributed by atoms with E-state index in [1.807, 2.05) is 12.1 Å². The molecule has 0 aliphatic carbocycles. The molecule has 1 aliphatic heterocycles. The predicted octanol–water partition coefficient (Wildman–Crippen LogP) is 4.04. The van der Waals surface area contributed by atoms with Crippen LogP contribution < -0.4 is 10.6 Å². The molecule has 3 nitrogen and oxygen atoms in total. The molecule has 1 aromatic carbocycles. The number of fused-ring (bicyclic) bond motifs is 1. The third-order valence-electron chi connectivity index (χ3n) is 3.44. The Balaban J connectivity index is 1.80. The van der Waals surface area contributed by atoms with Crippen LogP contribution >= 0.6 is 0 Å². The normalized spacial score (nSPS) is 13.3. The molecule has 100 valence electrons. The van der Waals surface area contributed by atoms with E-state index in [1.54, 1.807) is 12.4 Å². The molecule has 1 aliphatic rings. The zero-order valence-corrected chi connectivity index (χ0v) is 11.3. The van der Waals surface area contributed by atoms with Crippen molar-refractivity contribution in [2.75, 3.05) is 10.6 Å². The van der Waals surface area contributed by atoms with Gasteiger partial charge in [-0.05, 0) is 42.7 Å². The summed E-state index contributed by atoms with van der Waals surface area (Å²) in [4.78, 5) is 4.01. The summed E-state index contributed by atoms with van der Waals surface area (Å²) in [6, 6.07) is 10.2. The Bertz CT molecular complexity index is 659. The molecular weight excluding hydrogens is 246 g/mol. The highest BCUT2D eigenvalue weighted by Gasteiger charge is 2.11. The second-order valence-corrected chi connectivity index (χ2v) is 4.94. The molecule has 3 rings (SSSR count). The van der Waals surface area contributed by atoms with Crippen LogP contribution in [0.3, 0.4) is 0 Å². The van der Waals surface area contributed by atoms with Crippen LogP contribution in [0.4, 0.5) is 11.4 Å². The van der Waals surface area contributed by atoms with Crippen molar-refractivity contribution in [2.24, 2.45) is 0 Å². The van der Waals surface area contributed by atoms with Crippen LogP contribution in [0.5, 0.6) is 0 Å². The van der Waals surface area contributed by atoms with Gasteiger partial charge < -0.3 is 10.6 Å². The van der Waals surface area contributed by atoms with Crippen molar-refractivity contribution >= 4 is 17.1 Å². The van der Waals surface area contributed by atoms with Crippen LogP contribution in [-0.4, -0.2) is 4.98 Å². The molecule has 0 saturated carbocycles. The first kappa shape index (κ1) is 12.5. The van der Waals surface area contributed by atoms with Gasteiger partial charge in [0.15, 0.2) is 0 Å². The number of nitrogens with zero attached hydrogens (tertiary/aromatic N) is 1. The maximum atomic E-state index is 4.07. The number of rotatable bonds is 3. The molecule has 0 atom stereocenters. The minimum absolute atomic E-state index is 0.863. The fraction of sp³-hybridized carbons (Fsp3) is 0.118. The molecule has 0 saturated heterocycles. The Morgan fingerprint density at radius 1 is 1.15 bits per heavy atom. The Kier molecular flexibility index (Phi) is 3.25. The quantitative estimate of drug-likeness (QED) is 0.877. The molecule has 3 heteroatoms. The second-order valence-electron chi connectivity index (χ2n) is 4.94. The Morgan fingerprint density at radius 2 is 1.95 bits per heavy atom. The molecule has 1 aromatic heterocycles. The summed E-state index contributed by atoms with van der Waals surface area (Å²) in [5.74, 6) is 0. The maximum absolute atomic E-state index is 4.07. The topological polar surface area (TPSA) is 37.0 Å². The van der Waals surface area contributed by atoms with Gasteiger partial charge in [0, 0.05) is 40.7 Å². The second kappa shape index (κ2) is 5.21. The summed E-state index contributed by atoms with van der Waals surface area (Å²) in [6.07, 6.45) is 5.58. The van der Waals surface area contributed by atoms with Gasteiger partial charge in [0.05, 0.1) is 0 Å². The van der Waals surface area contributed by atoms with E-state index >= 15 is 0 Å². The lowest BCUT2D eigenvalue weighted by atomic mass is 10.0. The highest BCUT2D eigenvalue weighted by molar-refractivity contribution is 5.77. The number of benzene rings is 1. The summed E-state index contributed by atoms with van der Waals surface area (Å²) in [7, 11) is 0. The van der Waals surface area contributed by atoms with Gasteiger partial charge >= 0.3 is 0 Å². The van der Waals surface area contributed by atoms with Gasteiger partial charge in [-0.3, -0.25) is 4.98 Å². The molecule has 0 fully saturated rings. The monoisotopic (exact) mass is 263 g/mol. The first-order valence-corrected chi connectivity index (χ1v) is 6.66. The lowest BCUT2D eigenvalue weighted by Crippen LogP contribution is -2.09. The summed E-state index contributed by atoms with van der Waals surface area (Å²) < 4.78 is 0. The van der Waals surface area contributed by atoms with E-state index in [2.05, 4.69) is 47.0 Å². The lowest BCUT2D eigenvalue weighted by molar-refractivity contribution is 0.919. The molecule has 2 N–H and O–H groups in total. The largest absolute Gasteiger partial charge is 0.359 e. The molecule has 20 heavy (non-hydrogen) atoms. The SMILES string of the molecule is C=C1CCc2ccc(NC(=C)c3ccncc3)cc2N1. The molecule has 2 aromatic rings. The van der Waals surface area contributed by atoms with Crippen molar-refractivity contribution in [2.45, 2.75) is 12.8 Å². The molecule has 2 heterocycles. The van der Waals surface area contributed by atoms with E-state index in [0.717, 1.165) is 41.2 Å². The van der Waals surface area contributed by atoms with Gasteiger partial charge in [0.2, 0.25) is 0 Å². The zero-order chi connectivity index (χ0) is 13.9. The third kappa shape index (κ3) is 2.57. The molecule has 0 spiro atoms. The number of nitrogens with one attached hydrogen (secondary N) is 2. The lowest BCUT2D eigenvalue weighted by Gasteiger charge is -2.21. The van der Waals surface area contributed by atoms with Crippen LogP contribution in [0.25, 0.3) is 5.70 Å². The zero-order valence-electron chi connectivity index (χ0n) is 11.3. The minimum atomic E-state index is 0.863. The predicted molar refractivity (Wildman–Crippen MR) is 84.4 cm³/mol. The van der Waals surface area contributed by atoms with Crippen LogP contribution in [0, 0.1) is 0 Å². The summed E-state index contributed by atoms with van der Waals surface area (Å²) in [6.45, 7) is 8.07. The summed E-state index contributed by atoms with van der Waals surface area (Å²) in [5.41, 5.74) is 6.46. The van der Waals surface area contributed by atoms with Crippen LogP contribution in [0.2, 0.25) is 0 Å². The smallest absolute Gasteiger partial charge is 0.0435 e. The van der Waals surface area contributed by atoms with Crippen LogP contribution in [-0.2, 0) is 6.42 Å². The van der Waals surface area contributed by atoms with E-state index in [-0.39, 0.29) is 0 Å². The summed E-state index contributed by atoms with van der Waals surface area (Å²) >= 11 is 0. The van der Waals surface area contributed by atoms with Crippen molar-refractivity contribution in [3.63, 3.8) is 0 Å². The number of aryl methyl sites for hydroxylation is 1. The number of allylic oxidation sites excluding steroid dienone is 1.